The smallest absolute Gasteiger partial charge is 0.254 e. The van der Waals surface area contributed by atoms with Crippen LogP contribution in [-0.2, 0) is 0 Å². The first-order valence-corrected chi connectivity index (χ1v) is 6.30. The minimum absolute atomic E-state index is 0.124. The van der Waals surface area contributed by atoms with Crippen LogP contribution >= 0.6 is 23.4 Å². The van der Waals surface area contributed by atoms with Gasteiger partial charge < -0.3 is 5.32 Å². The van der Waals surface area contributed by atoms with E-state index >= 15 is 0 Å². The standard InChI is InChI=1S/C10H11ClN2OS/c11-9-8(2-1-4-12-9)10(14)13-7-3-5-15-6-7/h1-2,4,7H,3,5-6H2,(H,13,14). The van der Waals surface area contributed by atoms with Crippen molar-refractivity contribution >= 4 is 29.3 Å². The predicted octanol–water partition coefficient (Wildman–Crippen LogP) is 1.97. The fraction of sp³-hybridized carbons (Fsp3) is 0.400. The van der Waals surface area contributed by atoms with Crippen molar-refractivity contribution in [2.45, 2.75) is 12.5 Å². The van der Waals surface area contributed by atoms with Gasteiger partial charge in [-0.2, -0.15) is 11.8 Å². The number of rotatable bonds is 2. The van der Waals surface area contributed by atoms with E-state index < -0.39 is 0 Å². The van der Waals surface area contributed by atoms with E-state index in [2.05, 4.69) is 10.3 Å². The van der Waals surface area contributed by atoms with Crippen LogP contribution in [0.25, 0.3) is 0 Å². The molecule has 5 heteroatoms. The number of thioether (sulfide) groups is 1. The first kappa shape index (κ1) is 10.8. The predicted molar refractivity (Wildman–Crippen MR) is 62.4 cm³/mol. The largest absolute Gasteiger partial charge is 0.348 e. The molecule has 0 aromatic carbocycles. The van der Waals surface area contributed by atoms with E-state index in [1.165, 1.54) is 0 Å². The molecule has 1 unspecified atom stereocenters. The van der Waals surface area contributed by atoms with Crippen LogP contribution in [0.3, 0.4) is 0 Å². The van der Waals surface area contributed by atoms with Gasteiger partial charge in [-0.25, -0.2) is 4.98 Å². The van der Waals surface area contributed by atoms with Gasteiger partial charge in [-0.3, -0.25) is 4.79 Å². The van der Waals surface area contributed by atoms with Gasteiger partial charge in [0.05, 0.1) is 5.56 Å². The lowest BCUT2D eigenvalue weighted by atomic mass is 10.2. The lowest BCUT2D eigenvalue weighted by Gasteiger charge is -2.11. The molecule has 0 radical (unpaired) electrons. The number of nitrogens with one attached hydrogen (secondary N) is 1. The molecule has 3 nitrogen and oxygen atoms in total. The Balaban J connectivity index is 2.04. The number of hydrogen-bond donors (Lipinski definition) is 1. The lowest BCUT2D eigenvalue weighted by molar-refractivity contribution is 0.0941. The molecule has 2 heterocycles. The monoisotopic (exact) mass is 242 g/mol. The number of halogens is 1. The van der Waals surface area contributed by atoms with Gasteiger partial charge in [0.1, 0.15) is 5.15 Å². The van der Waals surface area contributed by atoms with Crippen molar-refractivity contribution in [2.24, 2.45) is 0 Å². The average molecular weight is 243 g/mol. The van der Waals surface area contributed by atoms with E-state index in [0.717, 1.165) is 17.9 Å². The molecule has 0 aliphatic carbocycles. The Morgan fingerprint density at radius 2 is 2.53 bits per heavy atom. The normalized spacial score (nSPS) is 20.2. The Morgan fingerprint density at radius 1 is 1.67 bits per heavy atom. The van der Waals surface area contributed by atoms with Crippen LogP contribution < -0.4 is 5.32 Å². The first-order valence-electron chi connectivity index (χ1n) is 4.76. The Kier molecular flexibility index (Phi) is 3.49. The molecule has 1 saturated heterocycles. The highest BCUT2D eigenvalue weighted by Crippen LogP contribution is 2.18. The maximum Gasteiger partial charge on any atom is 0.254 e. The molecule has 2 rings (SSSR count). The molecule has 1 N–H and O–H groups in total. The third-order valence-electron chi connectivity index (χ3n) is 2.27. The van der Waals surface area contributed by atoms with Gasteiger partial charge in [0.25, 0.3) is 5.91 Å². The summed E-state index contributed by atoms with van der Waals surface area (Å²) in [5.41, 5.74) is 0.455. The molecular formula is C10H11ClN2OS. The zero-order valence-electron chi connectivity index (χ0n) is 8.07. The first-order chi connectivity index (χ1) is 7.27. The van der Waals surface area contributed by atoms with Gasteiger partial charge in [-0.05, 0) is 24.3 Å². The van der Waals surface area contributed by atoms with Crippen LogP contribution in [0.2, 0.25) is 5.15 Å². The topological polar surface area (TPSA) is 42.0 Å². The highest BCUT2D eigenvalue weighted by molar-refractivity contribution is 7.99. The third-order valence-corrected chi connectivity index (χ3v) is 3.73. The lowest BCUT2D eigenvalue weighted by Crippen LogP contribution is -2.34. The summed E-state index contributed by atoms with van der Waals surface area (Å²) in [6, 6.07) is 3.68. The Morgan fingerprint density at radius 3 is 3.20 bits per heavy atom. The van der Waals surface area contributed by atoms with Crippen molar-refractivity contribution in [1.82, 2.24) is 10.3 Å². The van der Waals surface area contributed by atoms with E-state index in [1.807, 2.05) is 11.8 Å². The molecule has 1 amide bonds. The summed E-state index contributed by atoms with van der Waals surface area (Å²) in [6.45, 7) is 0. The average Bonchev–Trinajstić information content (AvgIpc) is 2.71. The van der Waals surface area contributed by atoms with Crippen molar-refractivity contribution in [3.63, 3.8) is 0 Å². The number of nitrogens with zero attached hydrogens (tertiary/aromatic N) is 1. The summed E-state index contributed by atoms with van der Waals surface area (Å²) in [7, 11) is 0. The van der Waals surface area contributed by atoms with E-state index in [-0.39, 0.29) is 17.1 Å². The zero-order chi connectivity index (χ0) is 10.7. The summed E-state index contributed by atoms with van der Waals surface area (Å²) in [4.78, 5) is 15.7. The maximum atomic E-state index is 11.8. The SMILES string of the molecule is O=C(NC1CCSC1)c1cccnc1Cl. The summed E-state index contributed by atoms with van der Waals surface area (Å²) >= 11 is 7.69. The molecule has 1 atom stereocenters. The van der Waals surface area contributed by atoms with E-state index in [0.29, 0.717) is 5.56 Å². The number of amides is 1. The molecule has 1 fully saturated rings. The van der Waals surface area contributed by atoms with Crippen LogP contribution in [-0.4, -0.2) is 28.4 Å². The molecule has 1 aliphatic heterocycles. The minimum atomic E-state index is -0.124. The number of pyridine rings is 1. The van der Waals surface area contributed by atoms with Crippen molar-refractivity contribution in [1.29, 1.82) is 0 Å². The van der Waals surface area contributed by atoms with Gasteiger partial charge in [0.15, 0.2) is 0 Å². The number of aromatic nitrogens is 1. The van der Waals surface area contributed by atoms with Crippen molar-refractivity contribution in [2.75, 3.05) is 11.5 Å². The van der Waals surface area contributed by atoms with Gasteiger partial charge >= 0.3 is 0 Å². The van der Waals surface area contributed by atoms with Crippen LogP contribution in [0.15, 0.2) is 18.3 Å². The molecule has 1 aliphatic rings. The minimum Gasteiger partial charge on any atom is -0.348 e. The summed E-state index contributed by atoms with van der Waals surface area (Å²) in [6.07, 6.45) is 2.61. The van der Waals surface area contributed by atoms with Gasteiger partial charge in [-0.15, -0.1) is 0 Å². The summed E-state index contributed by atoms with van der Waals surface area (Å²) in [5, 5.41) is 3.22. The van der Waals surface area contributed by atoms with Gasteiger partial charge in [-0.1, -0.05) is 11.6 Å². The van der Waals surface area contributed by atoms with Crippen LogP contribution in [0.4, 0.5) is 0 Å². The van der Waals surface area contributed by atoms with E-state index in [9.17, 15) is 4.79 Å². The summed E-state index contributed by atoms with van der Waals surface area (Å²) < 4.78 is 0. The second-order valence-electron chi connectivity index (χ2n) is 3.38. The molecule has 80 valence electrons. The van der Waals surface area contributed by atoms with Crippen LogP contribution in [0, 0.1) is 0 Å². The van der Waals surface area contributed by atoms with Crippen molar-refractivity contribution in [3.05, 3.63) is 29.0 Å². The third kappa shape index (κ3) is 2.63. The molecule has 0 saturated carbocycles. The zero-order valence-corrected chi connectivity index (χ0v) is 9.64. The Labute approximate surface area is 97.6 Å². The number of carbonyl (C=O) groups is 1. The molecule has 0 spiro atoms. The number of carbonyl (C=O) groups excluding carboxylic acids is 1. The van der Waals surface area contributed by atoms with Crippen molar-refractivity contribution in [3.8, 4) is 0 Å². The van der Waals surface area contributed by atoms with Crippen LogP contribution in [0.5, 0.6) is 0 Å². The molecule has 1 aromatic heterocycles. The molecule has 0 bridgehead atoms. The van der Waals surface area contributed by atoms with E-state index in [1.54, 1.807) is 18.3 Å². The number of hydrogen-bond acceptors (Lipinski definition) is 3. The maximum absolute atomic E-state index is 11.8. The van der Waals surface area contributed by atoms with Gasteiger partial charge in [0, 0.05) is 18.0 Å². The van der Waals surface area contributed by atoms with E-state index in [4.69, 9.17) is 11.6 Å². The molecular weight excluding hydrogens is 232 g/mol. The van der Waals surface area contributed by atoms with Crippen LogP contribution in [0.1, 0.15) is 16.8 Å². The second-order valence-corrected chi connectivity index (χ2v) is 4.88. The van der Waals surface area contributed by atoms with Gasteiger partial charge in [0.2, 0.25) is 0 Å². The molecule has 15 heavy (non-hydrogen) atoms. The Bertz CT molecular complexity index is 366. The second kappa shape index (κ2) is 4.86. The Hall–Kier alpha value is -0.740. The fourth-order valence-corrected chi connectivity index (χ4v) is 2.82. The highest BCUT2D eigenvalue weighted by atomic mass is 35.5. The van der Waals surface area contributed by atoms with Crippen molar-refractivity contribution < 1.29 is 4.79 Å². The quantitative estimate of drug-likeness (QED) is 0.807. The highest BCUT2D eigenvalue weighted by Gasteiger charge is 2.19. The summed E-state index contributed by atoms with van der Waals surface area (Å²) in [5.74, 6) is 1.98. The molecule has 1 aromatic rings. The fourth-order valence-electron chi connectivity index (χ4n) is 1.47.